The zero-order valence-corrected chi connectivity index (χ0v) is 17.7. The van der Waals surface area contributed by atoms with Gasteiger partial charge in [-0.3, -0.25) is 4.79 Å². The molecule has 8 heteroatoms. The fraction of sp³-hybridized carbons (Fsp3) is 0.850. The summed E-state index contributed by atoms with van der Waals surface area (Å²) in [5, 5.41) is 3.97. The second kappa shape index (κ2) is 9.76. The molecule has 2 saturated heterocycles. The van der Waals surface area contributed by atoms with Crippen LogP contribution in [0, 0.1) is 0 Å². The summed E-state index contributed by atoms with van der Waals surface area (Å²) in [5.41, 5.74) is -0.220. The molecule has 1 spiro atoms. The third kappa shape index (κ3) is 5.27. The minimum atomic E-state index is -0.220. The molecule has 3 fully saturated rings. The van der Waals surface area contributed by atoms with Crippen molar-refractivity contribution < 1.29 is 19.1 Å². The Bertz CT molecular complexity index is 572. The highest BCUT2D eigenvalue weighted by atomic mass is 32.1. The summed E-state index contributed by atoms with van der Waals surface area (Å²) in [6.07, 6.45) is 8.40. The molecule has 0 unspecified atom stereocenters. The number of thiocarbonyl (C=S) groups is 1. The van der Waals surface area contributed by atoms with E-state index in [4.69, 9.17) is 21.7 Å². The number of hydrogen-bond acceptors (Lipinski definition) is 5. The predicted molar refractivity (Wildman–Crippen MR) is 110 cm³/mol. The van der Waals surface area contributed by atoms with Crippen LogP contribution in [0.2, 0.25) is 0 Å². The van der Waals surface area contributed by atoms with Gasteiger partial charge in [0, 0.05) is 32.1 Å². The number of piperidine rings is 1. The van der Waals surface area contributed by atoms with Gasteiger partial charge in [-0.15, -0.1) is 0 Å². The van der Waals surface area contributed by atoms with Gasteiger partial charge in [-0.2, -0.15) is 0 Å². The Morgan fingerprint density at radius 2 is 2.00 bits per heavy atom. The largest absolute Gasteiger partial charge is 0.466 e. The molecule has 0 bridgehead atoms. The summed E-state index contributed by atoms with van der Waals surface area (Å²) >= 11 is 5.49. The molecule has 0 aromatic heterocycles. The number of nitrogens with zero attached hydrogens (tertiary/aromatic N) is 2. The van der Waals surface area contributed by atoms with Crippen LogP contribution in [0.5, 0.6) is 0 Å². The van der Waals surface area contributed by atoms with Crippen LogP contribution in [0.25, 0.3) is 0 Å². The number of carbonyl (C=O) groups excluding carboxylic acids is 2. The molecule has 1 saturated carbocycles. The number of likely N-dealkylation sites (tertiary alicyclic amines) is 1. The number of ether oxygens (including phenoxy) is 2. The first-order valence-electron chi connectivity index (χ1n) is 10.7. The molecule has 1 N–H and O–H groups in total. The summed E-state index contributed by atoms with van der Waals surface area (Å²) in [6.45, 7) is 5.33. The van der Waals surface area contributed by atoms with Crippen molar-refractivity contribution >= 4 is 29.4 Å². The fourth-order valence-electron chi connectivity index (χ4n) is 4.54. The van der Waals surface area contributed by atoms with E-state index in [-0.39, 0.29) is 23.7 Å². The number of esters is 1. The van der Waals surface area contributed by atoms with E-state index in [1.165, 1.54) is 6.42 Å². The van der Waals surface area contributed by atoms with E-state index in [1.807, 2.05) is 11.8 Å². The van der Waals surface area contributed by atoms with Gasteiger partial charge in [0.25, 0.3) is 0 Å². The number of rotatable bonds is 6. The Kier molecular flexibility index (Phi) is 7.37. The van der Waals surface area contributed by atoms with E-state index in [2.05, 4.69) is 10.2 Å². The highest BCUT2D eigenvalue weighted by Gasteiger charge is 2.48. The van der Waals surface area contributed by atoms with E-state index >= 15 is 0 Å². The maximum atomic E-state index is 12.5. The second-order valence-corrected chi connectivity index (χ2v) is 8.48. The van der Waals surface area contributed by atoms with Crippen molar-refractivity contribution in [2.45, 2.75) is 76.4 Å². The highest BCUT2D eigenvalue weighted by molar-refractivity contribution is 7.80. The molecule has 0 aromatic rings. The fourth-order valence-corrected chi connectivity index (χ4v) is 4.82. The maximum Gasteiger partial charge on any atom is 0.410 e. The third-order valence-electron chi connectivity index (χ3n) is 6.09. The summed E-state index contributed by atoms with van der Waals surface area (Å²) in [5.74, 6) is -0.163. The molecular formula is C20H33N3O4S. The number of amides is 1. The van der Waals surface area contributed by atoms with Gasteiger partial charge in [0.2, 0.25) is 0 Å². The van der Waals surface area contributed by atoms with Gasteiger partial charge in [-0.25, -0.2) is 4.79 Å². The lowest BCUT2D eigenvalue weighted by Crippen LogP contribution is -2.50. The molecule has 158 valence electrons. The molecule has 28 heavy (non-hydrogen) atoms. The second-order valence-electron chi connectivity index (χ2n) is 8.10. The molecule has 2 aliphatic heterocycles. The number of nitrogens with one attached hydrogen (secondary N) is 1. The third-order valence-corrected chi connectivity index (χ3v) is 6.50. The monoisotopic (exact) mass is 411 g/mol. The summed E-state index contributed by atoms with van der Waals surface area (Å²) < 4.78 is 10.8. The average Bonchev–Trinajstić information content (AvgIpc) is 3.01. The Labute approximate surface area is 173 Å². The molecule has 0 radical (unpaired) electrons. The quantitative estimate of drug-likeness (QED) is 0.409. The minimum Gasteiger partial charge on any atom is -0.466 e. The molecule has 0 atom stereocenters. The minimum absolute atomic E-state index is 0.125. The van der Waals surface area contributed by atoms with Gasteiger partial charge in [0.15, 0.2) is 5.11 Å². The maximum absolute atomic E-state index is 12.5. The normalized spacial score (nSPS) is 22.2. The molecular weight excluding hydrogens is 378 g/mol. The lowest BCUT2D eigenvalue weighted by Gasteiger charge is -2.37. The van der Waals surface area contributed by atoms with Gasteiger partial charge in [-0.1, -0.05) is 6.42 Å². The van der Waals surface area contributed by atoms with Gasteiger partial charge >= 0.3 is 12.1 Å². The van der Waals surface area contributed by atoms with E-state index in [9.17, 15) is 9.59 Å². The van der Waals surface area contributed by atoms with Gasteiger partial charge in [-0.05, 0) is 64.1 Å². The van der Waals surface area contributed by atoms with Crippen LogP contribution in [0.4, 0.5) is 4.79 Å². The van der Waals surface area contributed by atoms with Crippen molar-refractivity contribution in [3.63, 3.8) is 0 Å². The van der Waals surface area contributed by atoms with Crippen molar-refractivity contribution in [1.29, 1.82) is 0 Å². The van der Waals surface area contributed by atoms with Gasteiger partial charge in [0.1, 0.15) is 5.60 Å². The zero-order valence-electron chi connectivity index (χ0n) is 16.9. The smallest absolute Gasteiger partial charge is 0.410 e. The predicted octanol–water partition coefficient (Wildman–Crippen LogP) is 2.82. The van der Waals surface area contributed by atoms with Gasteiger partial charge in [0.05, 0.1) is 13.2 Å². The lowest BCUT2D eigenvalue weighted by molar-refractivity contribution is -0.143. The first-order chi connectivity index (χ1) is 13.5. The van der Waals surface area contributed by atoms with Gasteiger partial charge < -0.3 is 24.6 Å². The lowest BCUT2D eigenvalue weighted by atomic mass is 9.84. The summed E-state index contributed by atoms with van der Waals surface area (Å²) in [6, 6.07) is 0.247. The molecule has 1 aliphatic carbocycles. The van der Waals surface area contributed by atoms with E-state index < -0.39 is 0 Å². The first-order valence-corrected chi connectivity index (χ1v) is 11.1. The van der Waals surface area contributed by atoms with Crippen molar-refractivity contribution in [3.8, 4) is 0 Å². The Balaban J connectivity index is 1.38. The molecule has 7 nitrogen and oxygen atoms in total. The van der Waals surface area contributed by atoms with Crippen molar-refractivity contribution in [1.82, 2.24) is 15.1 Å². The zero-order chi connectivity index (χ0) is 20.0. The molecule has 2 heterocycles. The Morgan fingerprint density at radius 3 is 2.68 bits per heavy atom. The molecule has 0 aromatic carbocycles. The molecule has 3 rings (SSSR count). The number of carbonyl (C=O) groups is 2. The van der Waals surface area contributed by atoms with Crippen molar-refractivity contribution in [2.24, 2.45) is 0 Å². The summed E-state index contributed by atoms with van der Waals surface area (Å²) in [7, 11) is 0. The first kappa shape index (κ1) is 21.1. The highest BCUT2D eigenvalue weighted by Crippen LogP contribution is 2.38. The van der Waals surface area contributed by atoms with E-state index in [0.29, 0.717) is 26.0 Å². The van der Waals surface area contributed by atoms with E-state index in [0.717, 1.165) is 63.3 Å². The SMILES string of the molecule is CCOC(=O)CCCNC(=S)N1CCC(N2CC3(CCCCC3)OC2=O)CC1. The molecule has 1 amide bonds. The van der Waals surface area contributed by atoms with Crippen LogP contribution in [0.3, 0.4) is 0 Å². The van der Waals surface area contributed by atoms with Crippen LogP contribution in [-0.2, 0) is 14.3 Å². The topological polar surface area (TPSA) is 71.1 Å². The van der Waals surface area contributed by atoms with Crippen molar-refractivity contribution in [2.75, 3.05) is 32.8 Å². The van der Waals surface area contributed by atoms with Crippen LogP contribution in [-0.4, -0.2) is 71.4 Å². The van der Waals surface area contributed by atoms with Crippen LogP contribution in [0.15, 0.2) is 0 Å². The van der Waals surface area contributed by atoms with Crippen LogP contribution in [0.1, 0.15) is 64.7 Å². The van der Waals surface area contributed by atoms with Crippen molar-refractivity contribution in [3.05, 3.63) is 0 Å². The number of hydrogen-bond donors (Lipinski definition) is 1. The molecule has 3 aliphatic rings. The summed E-state index contributed by atoms with van der Waals surface area (Å²) in [4.78, 5) is 27.9. The van der Waals surface area contributed by atoms with Crippen LogP contribution < -0.4 is 5.32 Å². The Hall–Kier alpha value is -1.57. The average molecular weight is 412 g/mol. The standard InChI is InChI=1S/C20H33N3O4S/c1-2-26-17(24)7-6-12-21-18(28)22-13-8-16(9-14-22)23-15-20(27-19(23)25)10-4-3-5-11-20/h16H,2-15H2,1H3,(H,21,28). The Morgan fingerprint density at radius 1 is 1.29 bits per heavy atom. The van der Waals surface area contributed by atoms with E-state index in [1.54, 1.807) is 0 Å². The van der Waals surface area contributed by atoms with Crippen LogP contribution >= 0.6 is 12.2 Å².